The molecule has 3 aromatic heterocycles. The van der Waals surface area contributed by atoms with E-state index in [-0.39, 0.29) is 12.3 Å². The highest BCUT2D eigenvalue weighted by Crippen LogP contribution is 2.30. The molecule has 0 radical (unpaired) electrons. The number of carbonyl (C=O) groups excluding carboxylic acids is 1. The average Bonchev–Trinajstić information content (AvgIpc) is 3.34. The number of nitrogens with zero attached hydrogens (tertiary/aromatic N) is 3. The molecule has 1 aliphatic heterocycles. The van der Waals surface area contributed by atoms with Crippen LogP contribution in [0.15, 0.2) is 60.9 Å². The number of pyridine rings is 2. The smallest absolute Gasteiger partial charge is 0.231 e. The second-order valence-electron chi connectivity index (χ2n) is 7.21. The monoisotopic (exact) mass is 384 g/mol. The van der Waals surface area contributed by atoms with Gasteiger partial charge in [0.2, 0.25) is 5.91 Å². The molecule has 0 bridgehead atoms. The lowest BCUT2D eigenvalue weighted by atomic mass is 10.1. The lowest BCUT2D eigenvalue weighted by molar-refractivity contribution is -0.115. The average molecular weight is 384 g/mol. The number of carbonyl (C=O) groups is 1. The second-order valence-corrected chi connectivity index (χ2v) is 7.21. The molecule has 0 spiro atoms. The van der Waals surface area contributed by atoms with E-state index in [1.54, 1.807) is 6.07 Å². The minimum Gasteiger partial charge on any atom is -0.493 e. The second kappa shape index (κ2) is 7.05. The van der Waals surface area contributed by atoms with Crippen LogP contribution in [0.2, 0.25) is 0 Å². The molecule has 1 amide bonds. The summed E-state index contributed by atoms with van der Waals surface area (Å²) in [5, 5.41) is 2.89. The summed E-state index contributed by atoms with van der Waals surface area (Å²) < 4.78 is 7.51. The van der Waals surface area contributed by atoms with Crippen LogP contribution in [-0.2, 0) is 17.6 Å². The zero-order valence-electron chi connectivity index (χ0n) is 16.1. The van der Waals surface area contributed by atoms with Gasteiger partial charge in [0.25, 0.3) is 0 Å². The van der Waals surface area contributed by atoms with E-state index in [2.05, 4.69) is 21.4 Å². The molecule has 1 N–H and O–H groups in total. The van der Waals surface area contributed by atoms with Crippen LogP contribution in [-0.4, -0.2) is 26.9 Å². The number of aromatic nitrogens is 3. The minimum atomic E-state index is -0.141. The molecule has 5 rings (SSSR count). The Morgan fingerprint density at radius 3 is 3.00 bits per heavy atom. The van der Waals surface area contributed by atoms with Gasteiger partial charge in [0, 0.05) is 24.4 Å². The maximum absolute atomic E-state index is 12.5. The number of fused-ring (bicyclic) bond motifs is 2. The number of imidazole rings is 1. The molecule has 6 heteroatoms. The molecule has 0 saturated heterocycles. The quantitative estimate of drug-likeness (QED) is 0.581. The third-order valence-corrected chi connectivity index (χ3v) is 5.07. The van der Waals surface area contributed by atoms with Gasteiger partial charge in [-0.1, -0.05) is 12.1 Å². The van der Waals surface area contributed by atoms with E-state index in [0.29, 0.717) is 5.82 Å². The van der Waals surface area contributed by atoms with Crippen LogP contribution in [0.5, 0.6) is 5.75 Å². The van der Waals surface area contributed by atoms with E-state index in [0.717, 1.165) is 46.9 Å². The van der Waals surface area contributed by atoms with E-state index in [4.69, 9.17) is 4.74 Å². The Hall–Kier alpha value is -3.67. The van der Waals surface area contributed by atoms with E-state index in [9.17, 15) is 4.79 Å². The van der Waals surface area contributed by atoms with Gasteiger partial charge in [0.15, 0.2) is 0 Å². The number of aryl methyl sites for hydroxylation is 1. The Bertz CT molecular complexity index is 1230. The molecule has 29 heavy (non-hydrogen) atoms. The molecule has 0 fully saturated rings. The first-order chi connectivity index (χ1) is 14.2. The topological polar surface area (TPSA) is 68.5 Å². The Kier molecular flexibility index (Phi) is 4.24. The molecular weight excluding hydrogens is 364 g/mol. The molecule has 4 heterocycles. The lowest BCUT2D eigenvalue weighted by Gasteiger charge is -2.07. The van der Waals surface area contributed by atoms with Gasteiger partial charge >= 0.3 is 0 Å². The van der Waals surface area contributed by atoms with Crippen molar-refractivity contribution in [2.75, 3.05) is 11.9 Å². The van der Waals surface area contributed by atoms with Crippen LogP contribution in [0.3, 0.4) is 0 Å². The molecule has 0 unspecified atom stereocenters. The summed E-state index contributed by atoms with van der Waals surface area (Å²) in [5.41, 5.74) is 5.71. The standard InChI is InChI=1S/C23H20N4O2/c1-15-4-3-10-27-14-18(24-23(15)27)13-22(28)26-21-6-2-5-19(25-21)16-7-8-20-17(12-16)9-11-29-20/h2-8,10,12,14H,9,11,13H2,1H3,(H,25,26,28). The van der Waals surface area contributed by atoms with Crippen LogP contribution >= 0.6 is 0 Å². The molecule has 1 aliphatic rings. The Morgan fingerprint density at radius 2 is 2.10 bits per heavy atom. The summed E-state index contributed by atoms with van der Waals surface area (Å²) in [6, 6.07) is 15.7. The molecule has 4 aromatic rings. The molecule has 144 valence electrons. The maximum Gasteiger partial charge on any atom is 0.231 e. The van der Waals surface area contributed by atoms with E-state index >= 15 is 0 Å². The van der Waals surface area contributed by atoms with E-state index in [1.165, 1.54) is 5.56 Å². The van der Waals surface area contributed by atoms with Crippen LogP contribution in [0, 0.1) is 6.92 Å². The highest BCUT2D eigenvalue weighted by Gasteiger charge is 2.14. The summed E-state index contributed by atoms with van der Waals surface area (Å²) >= 11 is 0. The van der Waals surface area contributed by atoms with Gasteiger partial charge in [-0.15, -0.1) is 0 Å². The number of benzene rings is 1. The largest absolute Gasteiger partial charge is 0.493 e. The molecule has 1 aromatic carbocycles. The first kappa shape index (κ1) is 17.4. The van der Waals surface area contributed by atoms with Gasteiger partial charge in [-0.05, 0) is 54.4 Å². The molecule has 0 saturated carbocycles. The molecule has 0 aliphatic carbocycles. The fourth-order valence-electron chi connectivity index (χ4n) is 3.65. The van der Waals surface area contributed by atoms with Crippen molar-refractivity contribution in [2.45, 2.75) is 19.8 Å². The van der Waals surface area contributed by atoms with Gasteiger partial charge in [-0.25, -0.2) is 9.97 Å². The van der Waals surface area contributed by atoms with Gasteiger partial charge in [0.1, 0.15) is 17.2 Å². The fourth-order valence-corrected chi connectivity index (χ4v) is 3.65. The zero-order valence-corrected chi connectivity index (χ0v) is 16.1. The van der Waals surface area contributed by atoms with Crippen molar-refractivity contribution in [1.82, 2.24) is 14.4 Å². The summed E-state index contributed by atoms with van der Waals surface area (Å²) in [4.78, 5) is 21.7. The number of hydrogen-bond acceptors (Lipinski definition) is 4. The normalized spacial score (nSPS) is 12.6. The summed E-state index contributed by atoms with van der Waals surface area (Å²) in [5.74, 6) is 1.34. The van der Waals surface area contributed by atoms with Crippen molar-refractivity contribution >= 4 is 17.4 Å². The van der Waals surface area contributed by atoms with Crippen molar-refractivity contribution in [3.8, 4) is 17.0 Å². The first-order valence-corrected chi connectivity index (χ1v) is 9.62. The van der Waals surface area contributed by atoms with Crippen LogP contribution in [0.4, 0.5) is 5.82 Å². The Balaban J connectivity index is 1.33. The van der Waals surface area contributed by atoms with Gasteiger partial charge < -0.3 is 14.5 Å². The fraction of sp³-hybridized carbons (Fsp3) is 0.174. The SMILES string of the molecule is Cc1cccn2cc(CC(=O)Nc3cccc(-c4ccc5c(c4)CCO5)n3)nc12. The highest BCUT2D eigenvalue weighted by atomic mass is 16.5. The Labute approximate surface area is 168 Å². The summed E-state index contributed by atoms with van der Waals surface area (Å²) in [6.07, 6.45) is 4.93. The number of rotatable bonds is 4. The predicted octanol–water partition coefficient (Wildman–Crippen LogP) is 3.82. The summed E-state index contributed by atoms with van der Waals surface area (Å²) in [6.45, 7) is 2.73. The van der Waals surface area contributed by atoms with Gasteiger partial charge in [0.05, 0.1) is 24.4 Å². The van der Waals surface area contributed by atoms with Crippen molar-refractivity contribution in [2.24, 2.45) is 0 Å². The minimum absolute atomic E-state index is 0.141. The molecule has 0 atom stereocenters. The highest BCUT2D eigenvalue weighted by molar-refractivity contribution is 5.91. The van der Waals surface area contributed by atoms with Gasteiger partial charge in [-0.3, -0.25) is 4.79 Å². The summed E-state index contributed by atoms with van der Waals surface area (Å²) in [7, 11) is 0. The van der Waals surface area contributed by atoms with Crippen LogP contribution in [0.1, 0.15) is 16.8 Å². The van der Waals surface area contributed by atoms with Crippen molar-refractivity contribution < 1.29 is 9.53 Å². The third-order valence-electron chi connectivity index (χ3n) is 5.07. The van der Waals surface area contributed by atoms with Crippen LogP contribution < -0.4 is 10.1 Å². The van der Waals surface area contributed by atoms with Gasteiger partial charge in [-0.2, -0.15) is 0 Å². The molecule has 6 nitrogen and oxygen atoms in total. The van der Waals surface area contributed by atoms with Crippen molar-refractivity contribution in [1.29, 1.82) is 0 Å². The zero-order chi connectivity index (χ0) is 19.8. The third kappa shape index (κ3) is 3.45. The van der Waals surface area contributed by atoms with Crippen molar-refractivity contribution in [3.05, 3.63) is 77.7 Å². The first-order valence-electron chi connectivity index (χ1n) is 9.62. The van der Waals surface area contributed by atoms with E-state index < -0.39 is 0 Å². The number of amides is 1. The van der Waals surface area contributed by atoms with Crippen LogP contribution in [0.25, 0.3) is 16.9 Å². The number of nitrogens with one attached hydrogen (secondary N) is 1. The Morgan fingerprint density at radius 1 is 1.17 bits per heavy atom. The number of ether oxygens (including phenoxy) is 1. The lowest BCUT2D eigenvalue weighted by Crippen LogP contribution is -2.15. The molecular formula is C23H20N4O2. The number of hydrogen-bond donors (Lipinski definition) is 1. The number of anilines is 1. The predicted molar refractivity (Wildman–Crippen MR) is 111 cm³/mol. The van der Waals surface area contributed by atoms with Crippen molar-refractivity contribution in [3.63, 3.8) is 0 Å². The maximum atomic E-state index is 12.5. The van der Waals surface area contributed by atoms with E-state index in [1.807, 2.05) is 60.1 Å².